The Balaban J connectivity index is 2.96. The first kappa shape index (κ1) is 12.8. The van der Waals surface area contributed by atoms with Crippen molar-refractivity contribution in [3.05, 3.63) is 29.8 Å². The third kappa shape index (κ3) is 3.70. The number of nitrogens with one attached hydrogen (secondary N) is 1. The van der Waals surface area contributed by atoms with Crippen LogP contribution in [0.4, 0.5) is 14.5 Å². The molecular weight excluding hydrogens is 258 g/mol. The Kier molecular flexibility index (Phi) is 3.76. The van der Waals surface area contributed by atoms with Crippen LogP contribution in [0.25, 0.3) is 0 Å². The predicted molar refractivity (Wildman–Crippen MR) is 60.6 cm³/mol. The number of halogens is 2. The molecule has 1 aromatic carbocycles. The fourth-order valence-electron chi connectivity index (χ4n) is 0.967. The largest absolute Gasteiger partial charge is 0.392 e. The monoisotopic (exact) mass is 266 g/mol. The van der Waals surface area contributed by atoms with Crippen LogP contribution in [-0.4, -0.2) is 19.2 Å². The first-order valence-electron chi connectivity index (χ1n) is 4.04. The molecule has 16 heavy (non-hydrogen) atoms. The van der Waals surface area contributed by atoms with Gasteiger partial charge in [0.05, 0.1) is 10.7 Å². The molecule has 0 amide bonds. The van der Waals surface area contributed by atoms with Gasteiger partial charge < -0.3 is 5.73 Å². The van der Waals surface area contributed by atoms with E-state index < -0.39 is 33.1 Å². The fourth-order valence-corrected chi connectivity index (χ4v) is 2.37. The third-order valence-corrected chi connectivity index (χ3v) is 3.08. The van der Waals surface area contributed by atoms with Crippen molar-refractivity contribution in [1.82, 2.24) is 0 Å². The predicted octanol–water partition coefficient (Wildman–Crippen LogP) is 0.993. The van der Waals surface area contributed by atoms with Gasteiger partial charge in [-0.05, 0) is 12.1 Å². The van der Waals surface area contributed by atoms with Crippen LogP contribution in [0.3, 0.4) is 0 Å². The molecule has 3 N–H and O–H groups in total. The van der Waals surface area contributed by atoms with Crippen molar-refractivity contribution in [3.63, 3.8) is 0 Å². The zero-order valence-electron chi connectivity index (χ0n) is 7.91. The molecule has 0 radical (unpaired) electrons. The van der Waals surface area contributed by atoms with Crippen LogP contribution in [0.2, 0.25) is 0 Å². The minimum absolute atomic E-state index is 0.260. The zero-order chi connectivity index (χ0) is 12.3. The van der Waals surface area contributed by atoms with E-state index in [-0.39, 0.29) is 4.99 Å². The number of sulfonamides is 1. The molecule has 1 aromatic rings. The van der Waals surface area contributed by atoms with Gasteiger partial charge in [0.25, 0.3) is 0 Å². The summed E-state index contributed by atoms with van der Waals surface area (Å²) < 4.78 is 50.3. The van der Waals surface area contributed by atoms with E-state index in [1.165, 1.54) is 0 Å². The molecule has 0 spiro atoms. The molecule has 0 heterocycles. The van der Waals surface area contributed by atoms with Crippen LogP contribution >= 0.6 is 12.2 Å². The smallest absolute Gasteiger partial charge is 0.239 e. The SMILES string of the molecule is NC(=S)CS(=O)(=O)Nc1cc(F)ccc1F. The van der Waals surface area contributed by atoms with Crippen molar-refractivity contribution in [2.24, 2.45) is 5.73 Å². The van der Waals surface area contributed by atoms with Crippen molar-refractivity contribution < 1.29 is 17.2 Å². The Bertz CT molecular complexity index is 517. The van der Waals surface area contributed by atoms with E-state index in [1.807, 2.05) is 4.72 Å². The van der Waals surface area contributed by atoms with Crippen LogP contribution < -0.4 is 10.5 Å². The molecular formula is C8H8F2N2O2S2. The summed E-state index contributed by atoms with van der Waals surface area (Å²) in [4.78, 5) is -0.260. The minimum Gasteiger partial charge on any atom is -0.392 e. The van der Waals surface area contributed by atoms with Crippen molar-refractivity contribution in [3.8, 4) is 0 Å². The van der Waals surface area contributed by atoms with Crippen molar-refractivity contribution in [2.45, 2.75) is 0 Å². The normalized spacial score (nSPS) is 11.1. The topological polar surface area (TPSA) is 72.2 Å². The summed E-state index contributed by atoms with van der Waals surface area (Å²) in [5.41, 5.74) is 4.57. The van der Waals surface area contributed by atoms with Gasteiger partial charge in [-0.25, -0.2) is 17.2 Å². The first-order valence-corrected chi connectivity index (χ1v) is 6.10. The highest BCUT2D eigenvalue weighted by atomic mass is 32.2. The molecule has 0 saturated heterocycles. The number of benzene rings is 1. The second-order valence-electron chi connectivity index (χ2n) is 2.95. The van der Waals surface area contributed by atoms with Crippen LogP contribution in [0.15, 0.2) is 18.2 Å². The van der Waals surface area contributed by atoms with E-state index in [9.17, 15) is 17.2 Å². The lowest BCUT2D eigenvalue weighted by Gasteiger charge is -2.07. The summed E-state index contributed by atoms with van der Waals surface area (Å²) in [5.74, 6) is -2.26. The Morgan fingerprint density at radius 1 is 1.44 bits per heavy atom. The molecule has 1 rings (SSSR count). The standard InChI is InChI=1S/C8H8F2N2O2S2/c9-5-1-2-6(10)7(3-5)12-16(13,14)4-8(11)15/h1-3,12H,4H2,(H2,11,15). The Hall–Kier alpha value is -1.28. The highest BCUT2D eigenvalue weighted by molar-refractivity contribution is 7.95. The maximum absolute atomic E-state index is 13.1. The molecule has 0 aliphatic heterocycles. The van der Waals surface area contributed by atoms with Crippen LogP contribution in [0.1, 0.15) is 0 Å². The van der Waals surface area contributed by atoms with Gasteiger partial charge in [0.1, 0.15) is 17.4 Å². The van der Waals surface area contributed by atoms with E-state index in [1.54, 1.807) is 0 Å². The Morgan fingerprint density at radius 2 is 2.06 bits per heavy atom. The van der Waals surface area contributed by atoms with E-state index in [4.69, 9.17) is 5.73 Å². The fraction of sp³-hybridized carbons (Fsp3) is 0.125. The van der Waals surface area contributed by atoms with Gasteiger partial charge in [0.15, 0.2) is 0 Å². The van der Waals surface area contributed by atoms with Crippen LogP contribution in [0.5, 0.6) is 0 Å². The molecule has 0 saturated carbocycles. The summed E-state index contributed by atoms with van der Waals surface area (Å²) in [7, 11) is -3.90. The lowest BCUT2D eigenvalue weighted by Crippen LogP contribution is -2.26. The number of hydrogen-bond donors (Lipinski definition) is 2. The van der Waals surface area contributed by atoms with Gasteiger partial charge in [-0.3, -0.25) is 4.72 Å². The highest BCUT2D eigenvalue weighted by Gasteiger charge is 2.14. The first-order chi connectivity index (χ1) is 7.30. The molecule has 4 nitrogen and oxygen atoms in total. The molecule has 88 valence electrons. The third-order valence-electron chi connectivity index (χ3n) is 1.53. The second-order valence-corrected chi connectivity index (χ2v) is 5.20. The summed E-state index contributed by atoms with van der Waals surface area (Å²) in [6.07, 6.45) is 0. The van der Waals surface area contributed by atoms with E-state index in [2.05, 4.69) is 12.2 Å². The summed E-state index contributed by atoms with van der Waals surface area (Å²) in [6.45, 7) is 0. The summed E-state index contributed by atoms with van der Waals surface area (Å²) >= 11 is 4.41. The molecule has 0 atom stereocenters. The van der Waals surface area contributed by atoms with Gasteiger partial charge in [0, 0.05) is 6.07 Å². The number of nitrogens with two attached hydrogens (primary N) is 1. The van der Waals surface area contributed by atoms with Gasteiger partial charge in [-0.2, -0.15) is 0 Å². The van der Waals surface area contributed by atoms with Crippen LogP contribution in [-0.2, 0) is 10.0 Å². The maximum Gasteiger partial charge on any atom is 0.239 e. The summed E-state index contributed by atoms with van der Waals surface area (Å²) in [5, 5.41) is 0. The van der Waals surface area contributed by atoms with Gasteiger partial charge in [0.2, 0.25) is 10.0 Å². The number of thiocarbonyl (C=S) groups is 1. The minimum atomic E-state index is -3.90. The van der Waals surface area contributed by atoms with Crippen molar-refractivity contribution in [2.75, 3.05) is 10.5 Å². The average molecular weight is 266 g/mol. The lowest BCUT2D eigenvalue weighted by molar-refractivity contribution is 0.596. The van der Waals surface area contributed by atoms with Crippen molar-refractivity contribution in [1.29, 1.82) is 0 Å². The summed E-state index contributed by atoms with van der Waals surface area (Å²) in [6, 6.07) is 2.42. The van der Waals surface area contributed by atoms with Gasteiger partial charge >= 0.3 is 0 Å². The van der Waals surface area contributed by atoms with Crippen molar-refractivity contribution >= 4 is 32.9 Å². The van der Waals surface area contributed by atoms with Gasteiger partial charge in [-0.15, -0.1) is 0 Å². The van der Waals surface area contributed by atoms with Gasteiger partial charge in [-0.1, -0.05) is 12.2 Å². The number of anilines is 1. The quantitative estimate of drug-likeness (QED) is 0.797. The zero-order valence-corrected chi connectivity index (χ0v) is 9.54. The maximum atomic E-state index is 13.1. The lowest BCUT2D eigenvalue weighted by atomic mass is 10.3. The van der Waals surface area contributed by atoms with E-state index in [0.717, 1.165) is 18.2 Å². The highest BCUT2D eigenvalue weighted by Crippen LogP contribution is 2.16. The molecule has 0 aliphatic rings. The number of hydrogen-bond acceptors (Lipinski definition) is 3. The molecule has 0 aromatic heterocycles. The Morgan fingerprint density at radius 3 is 2.62 bits per heavy atom. The van der Waals surface area contributed by atoms with Crippen LogP contribution in [0, 0.1) is 11.6 Å². The molecule has 8 heteroatoms. The number of rotatable bonds is 4. The Labute approximate surface area is 96.5 Å². The molecule has 0 fully saturated rings. The molecule has 0 unspecified atom stereocenters. The second kappa shape index (κ2) is 4.71. The van der Waals surface area contributed by atoms with E-state index in [0.29, 0.717) is 0 Å². The average Bonchev–Trinajstić information content (AvgIpc) is 2.08. The molecule has 0 bridgehead atoms. The van der Waals surface area contributed by atoms with E-state index >= 15 is 0 Å². The molecule has 0 aliphatic carbocycles.